The molecule has 2 rings (SSSR count). The van der Waals surface area contributed by atoms with Crippen molar-refractivity contribution in [3.8, 4) is 0 Å². The molecule has 0 aromatic carbocycles. The van der Waals surface area contributed by atoms with Gasteiger partial charge < -0.3 is 5.32 Å². The number of amides is 1. The quantitative estimate of drug-likeness (QED) is 0.800. The standard InChI is InChI=1S/C9H7ClN2OS/c10-4-8(13)12-6-5-14-7-2-1-3-11-9(6)7/h1-3,5H,4H2,(H,12,13). The highest BCUT2D eigenvalue weighted by atomic mass is 35.5. The first-order chi connectivity index (χ1) is 6.81. The summed E-state index contributed by atoms with van der Waals surface area (Å²) < 4.78 is 1.05. The van der Waals surface area contributed by atoms with Crippen molar-refractivity contribution in [2.45, 2.75) is 0 Å². The van der Waals surface area contributed by atoms with E-state index in [9.17, 15) is 4.79 Å². The molecule has 0 unspecified atom stereocenters. The summed E-state index contributed by atoms with van der Waals surface area (Å²) in [6, 6.07) is 3.83. The lowest BCUT2D eigenvalue weighted by atomic mass is 10.3. The van der Waals surface area contributed by atoms with Crippen LogP contribution < -0.4 is 5.32 Å². The lowest BCUT2D eigenvalue weighted by Crippen LogP contribution is -2.12. The Balaban J connectivity index is 2.38. The highest BCUT2D eigenvalue weighted by Crippen LogP contribution is 2.27. The Morgan fingerprint density at radius 2 is 2.50 bits per heavy atom. The topological polar surface area (TPSA) is 42.0 Å². The summed E-state index contributed by atoms with van der Waals surface area (Å²) in [5.41, 5.74) is 1.55. The van der Waals surface area contributed by atoms with E-state index in [0.29, 0.717) is 0 Å². The number of hydrogen-bond acceptors (Lipinski definition) is 3. The Kier molecular flexibility index (Phi) is 2.65. The third-order valence-electron chi connectivity index (χ3n) is 1.73. The number of nitrogens with one attached hydrogen (secondary N) is 1. The van der Waals surface area contributed by atoms with Crippen LogP contribution in [0.15, 0.2) is 23.7 Å². The molecule has 5 heteroatoms. The molecule has 0 aliphatic heterocycles. The summed E-state index contributed by atoms with van der Waals surface area (Å²) in [6.07, 6.45) is 1.70. The average Bonchev–Trinajstić information content (AvgIpc) is 2.62. The maximum atomic E-state index is 11.1. The van der Waals surface area contributed by atoms with Crippen LogP contribution in [0, 0.1) is 0 Å². The number of carbonyl (C=O) groups is 1. The van der Waals surface area contributed by atoms with E-state index in [1.165, 1.54) is 0 Å². The van der Waals surface area contributed by atoms with Gasteiger partial charge in [0.15, 0.2) is 0 Å². The van der Waals surface area contributed by atoms with Crippen LogP contribution in [-0.2, 0) is 4.79 Å². The minimum Gasteiger partial charge on any atom is -0.322 e. The minimum atomic E-state index is -0.211. The van der Waals surface area contributed by atoms with E-state index in [0.717, 1.165) is 15.9 Å². The average molecular weight is 227 g/mol. The van der Waals surface area contributed by atoms with Gasteiger partial charge in [-0.1, -0.05) is 0 Å². The smallest absolute Gasteiger partial charge is 0.239 e. The number of alkyl halides is 1. The number of pyridine rings is 1. The van der Waals surface area contributed by atoms with Gasteiger partial charge in [-0.15, -0.1) is 22.9 Å². The largest absolute Gasteiger partial charge is 0.322 e. The lowest BCUT2D eigenvalue weighted by molar-refractivity contribution is -0.113. The van der Waals surface area contributed by atoms with Crippen LogP contribution in [0.25, 0.3) is 10.2 Å². The van der Waals surface area contributed by atoms with E-state index in [1.54, 1.807) is 17.5 Å². The summed E-state index contributed by atoms with van der Waals surface area (Å²) >= 11 is 6.94. The molecule has 0 atom stereocenters. The van der Waals surface area contributed by atoms with Crippen LogP contribution in [0.1, 0.15) is 0 Å². The number of anilines is 1. The SMILES string of the molecule is O=C(CCl)Nc1csc2cccnc12. The Hall–Kier alpha value is -1.13. The molecule has 0 saturated carbocycles. The molecular formula is C9H7ClN2OS. The number of carbonyl (C=O) groups excluding carboxylic acids is 1. The molecule has 0 fully saturated rings. The second-order valence-electron chi connectivity index (χ2n) is 2.68. The molecule has 0 aliphatic carbocycles. The van der Waals surface area contributed by atoms with Gasteiger partial charge in [-0.25, -0.2) is 0 Å². The van der Waals surface area contributed by atoms with Crippen molar-refractivity contribution in [1.82, 2.24) is 4.98 Å². The van der Waals surface area contributed by atoms with Crippen molar-refractivity contribution < 1.29 is 4.79 Å². The minimum absolute atomic E-state index is 0.0375. The number of aromatic nitrogens is 1. The number of fused-ring (bicyclic) bond motifs is 1. The van der Waals surface area contributed by atoms with E-state index in [1.807, 2.05) is 17.5 Å². The normalized spacial score (nSPS) is 10.4. The van der Waals surface area contributed by atoms with Crippen molar-refractivity contribution in [3.05, 3.63) is 23.7 Å². The molecule has 2 aromatic heterocycles. The lowest BCUT2D eigenvalue weighted by Gasteiger charge is -1.98. The molecule has 0 saturated heterocycles. The van der Waals surface area contributed by atoms with E-state index in [2.05, 4.69) is 10.3 Å². The van der Waals surface area contributed by atoms with E-state index in [-0.39, 0.29) is 11.8 Å². The maximum absolute atomic E-state index is 11.1. The van der Waals surface area contributed by atoms with Crippen LogP contribution in [0.3, 0.4) is 0 Å². The fourth-order valence-electron chi connectivity index (χ4n) is 1.14. The second-order valence-corrected chi connectivity index (χ2v) is 3.86. The number of hydrogen-bond donors (Lipinski definition) is 1. The van der Waals surface area contributed by atoms with Crippen molar-refractivity contribution >= 4 is 44.7 Å². The molecule has 0 radical (unpaired) electrons. The molecule has 1 amide bonds. The van der Waals surface area contributed by atoms with Crippen molar-refractivity contribution in [3.63, 3.8) is 0 Å². The molecule has 1 N–H and O–H groups in total. The van der Waals surface area contributed by atoms with Crippen LogP contribution in [0.5, 0.6) is 0 Å². The zero-order valence-corrected chi connectivity index (χ0v) is 8.73. The molecule has 14 heavy (non-hydrogen) atoms. The summed E-state index contributed by atoms with van der Waals surface area (Å²) in [4.78, 5) is 15.2. The van der Waals surface area contributed by atoms with Gasteiger partial charge in [-0.2, -0.15) is 0 Å². The first kappa shape index (κ1) is 9.43. The van der Waals surface area contributed by atoms with E-state index in [4.69, 9.17) is 11.6 Å². The van der Waals surface area contributed by atoms with E-state index < -0.39 is 0 Å². The van der Waals surface area contributed by atoms with Gasteiger partial charge in [0.05, 0.1) is 10.4 Å². The molecule has 0 aliphatic rings. The third kappa shape index (κ3) is 1.71. The molecule has 2 aromatic rings. The highest BCUT2D eigenvalue weighted by Gasteiger charge is 2.06. The van der Waals surface area contributed by atoms with Crippen molar-refractivity contribution in [2.75, 3.05) is 11.2 Å². The molecule has 72 valence electrons. The van der Waals surface area contributed by atoms with Gasteiger partial charge in [0.25, 0.3) is 0 Å². The Labute approximate surface area is 89.7 Å². The number of rotatable bonds is 2. The summed E-state index contributed by atoms with van der Waals surface area (Å²) in [7, 11) is 0. The van der Waals surface area contributed by atoms with Gasteiger partial charge in [0.2, 0.25) is 5.91 Å². The fourth-order valence-corrected chi connectivity index (χ4v) is 2.05. The Morgan fingerprint density at radius 1 is 1.64 bits per heavy atom. The number of nitrogens with zero attached hydrogens (tertiary/aromatic N) is 1. The zero-order valence-electron chi connectivity index (χ0n) is 7.16. The third-order valence-corrected chi connectivity index (χ3v) is 2.90. The van der Waals surface area contributed by atoms with Gasteiger partial charge in [0, 0.05) is 11.6 Å². The van der Waals surface area contributed by atoms with Gasteiger partial charge in [-0.3, -0.25) is 9.78 Å². The first-order valence-electron chi connectivity index (χ1n) is 3.99. The van der Waals surface area contributed by atoms with Crippen LogP contribution in [-0.4, -0.2) is 16.8 Å². The van der Waals surface area contributed by atoms with Crippen LogP contribution in [0.2, 0.25) is 0 Å². The Morgan fingerprint density at radius 3 is 3.29 bits per heavy atom. The van der Waals surface area contributed by atoms with E-state index >= 15 is 0 Å². The molecule has 0 spiro atoms. The summed E-state index contributed by atoms with van der Waals surface area (Å²) in [5.74, 6) is -0.249. The second kappa shape index (κ2) is 3.94. The van der Waals surface area contributed by atoms with Gasteiger partial charge in [0.1, 0.15) is 11.4 Å². The zero-order chi connectivity index (χ0) is 9.97. The number of thiophene rings is 1. The monoisotopic (exact) mass is 226 g/mol. The predicted octanol–water partition coefficient (Wildman–Crippen LogP) is 2.47. The fraction of sp³-hybridized carbons (Fsp3) is 0.111. The Bertz CT molecular complexity index is 469. The number of halogens is 1. The molecule has 2 heterocycles. The summed E-state index contributed by atoms with van der Waals surface area (Å²) in [6.45, 7) is 0. The first-order valence-corrected chi connectivity index (χ1v) is 5.40. The molecule has 3 nitrogen and oxygen atoms in total. The van der Waals surface area contributed by atoms with Crippen LogP contribution >= 0.6 is 22.9 Å². The predicted molar refractivity (Wildman–Crippen MR) is 59.0 cm³/mol. The van der Waals surface area contributed by atoms with Gasteiger partial charge >= 0.3 is 0 Å². The maximum Gasteiger partial charge on any atom is 0.239 e. The van der Waals surface area contributed by atoms with Crippen LogP contribution in [0.4, 0.5) is 5.69 Å². The highest BCUT2D eigenvalue weighted by molar-refractivity contribution is 7.17. The van der Waals surface area contributed by atoms with Crippen molar-refractivity contribution in [2.24, 2.45) is 0 Å². The molecular weight excluding hydrogens is 220 g/mol. The van der Waals surface area contributed by atoms with Crippen molar-refractivity contribution in [1.29, 1.82) is 0 Å². The molecule has 0 bridgehead atoms. The summed E-state index contributed by atoms with van der Waals surface area (Å²) in [5, 5.41) is 4.55. The van der Waals surface area contributed by atoms with Gasteiger partial charge in [-0.05, 0) is 12.1 Å².